The summed E-state index contributed by atoms with van der Waals surface area (Å²) < 4.78 is 0. The number of aryl methyl sites for hydroxylation is 2. The Kier molecular flexibility index (Phi) is 3.65. The van der Waals surface area contributed by atoms with Gasteiger partial charge in [-0.2, -0.15) is 0 Å². The molecule has 0 aliphatic rings. The fraction of sp³-hybridized carbons (Fsp3) is 0.250. The number of carbonyl (C=O) groups is 1. The number of anilines is 1. The van der Waals surface area contributed by atoms with Crippen LogP contribution in [-0.2, 0) is 6.54 Å². The molecule has 2 rings (SSSR count). The van der Waals surface area contributed by atoms with Crippen LogP contribution >= 0.6 is 0 Å². The van der Waals surface area contributed by atoms with Gasteiger partial charge in [0.2, 0.25) is 5.95 Å². The maximum Gasteiger partial charge on any atom is 0.354 e. The highest BCUT2D eigenvalue weighted by molar-refractivity contribution is 5.85. The Hall–Kier alpha value is -2.57. The van der Waals surface area contributed by atoms with E-state index < -0.39 is 5.97 Å². The normalized spacial score (nSPS) is 10.2. The summed E-state index contributed by atoms with van der Waals surface area (Å²) in [5.41, 5.74) is 2.12. The Balaban J connectivity index is 2.11. The van der Waals surface area contributed by atoms with Crippen LogP contribution in [0.5, 0.6) is 0 Å². The summed E-state index contributed by atoms with van der Waals surface area (Å²) in [7, 11) is 0. The van der Waals surface area contributed by atoms with Gasteiger partial charge in [-0.15, -0.1) is 0 Å². The predicted octanol–water partition coefficient (Wildman–Crippen LogP) is 1.19. The van der Waals surface area contributed by atoms with Gasteiger partial charge in [0.05, 0.1) is 24.1 Å². The lowest BCUT2D eigenvalue weighted by Gasteiger charge is -2.06. The molecule has 2 aromatic heterocycles. The van der Waals surface area contributed by atoms with Crippen LogP contribution in [0.2, 0.25) is 0 Å². The third kappa shape index (κ3) is 3.44. The number of hydrogen-bond acceptors (Lipinski definition) is 6. The van der Waals surface area contributed by atoms with Crippen molar-refractivity contribution in [2.45, 2.75) is 20.4 Å². The van der Waals surface area contributed by atoms with Gasteiger partial charge in [0.1, 0.15) is 0 Å². The number of aromatic nitrogens is 4. The molecule has 2 N–H and O–H groups in total. The molecule has 0 aliphatic heterocycles. The van der Waals surface area contributed by atoms with Gasteiger partial charge in [0, 0.05) is 11.9 Å². The van der Waals surface area contributed by atoms with Crippen molar-refractivity contribution in [2.75, 3.05) is 5.32 Å². The van der Waals surface area contributed by atoms with Gasteiger partial charge in [-0.25, -0.2) is 14.8 Å². The third-order valence-electron chi connectivity index (χ3n) is 2.34. The molecule has 0 atom stereocenters. The van der Waals surface area contributed by atoms with Crippen molar-refractivity contribution in [2.24, 2.45) is 0 Å². The second-order valence-electron chi connectivity index (χ2n) is 4.03. The van der Waals surface area contributed by atoms with E-state index in [2.05, 4.69) is 25.3 Å². The third-order valence-corrected chi connectivity index (χ3v) is 2.34. The van der Waals surface area contributed by atoms with E-state index in [1.807, 2.05) is 6.92 Å². The number of hydrogen-bond donors (Lipinski definition) is 2. The lowest BCUT2D eigenvalue weighted by molar-refractivity contribution is 0.0690. The van der Waals surface area contributed by atoms with E-state index in [-0.39, 0.29) is 11.6 Å². The Bertz CT molecular complexity index is 598. The topological polar surface area (TPSA) is 101 Å². The van der Waals surface area contributed by atoms with Crippen molar-refractivity contribution < 1.29 is 9.90 Å². The number of aromatic carboxylic acids is 1. The predicted molar refractivity (Wildman–Crippen MR) is 67.8 cm³/mol. The van der Waals surface area contributed by atoms with Crippen molar-refractivity contribution in [3.8, 4) is 0 Å². The van der Waals surface area contributed by atoms with Crippen molar-refractivity contribution in [3.05, 3.63) is 41.2 Å². The van der Waals surface area contributed by atoms with Gasteiger partial charge < -0.3 is 10.4 Å². The molecule has 7 nitrogen and oxygen atoms in total. The monoisotopic (exact) mass is 259 g/mol. The van der Waals surface area contributed by atoms with Gasteiger partial charge in [0.15, 0.2) is 5.69 Å². The first-order valence-corrected chi connectivity index (χ1v) is 5.65. The summed E-state index contributed by atoms with van der Waals surface area (Å²) in [6.45, 7) is 3.95. The SMILES string of the molecule is Cc1cnc(CNc2nc(C)cc(C(=O)O)n2)cn1. The smallest absolute Gasteiger partial charge is 0.354 e. The summed E-state index contributed by atoms with van der Waals surface area (Å²) in [6.07, 6.45) is 3.31. The standard InChI is InChI=1S/C12H13N5O2/c1-7-3-10(11(18)19)17-12(16-7)15-6-9-5-13-8(2)4-14-9/h3-5H,6H2,1-2H3,(H,18,19)(H,15,16,17). The molecule has 0 fully saturated rings. The van der Waals surface area contributed by atoms with Crippen molar-refractivity contribution >= 4 is 11.9 Å². The molecule has 19 heavy (non-hydrogen) atoms. The summed E-state index contributed by atoms with van der Waals surface area (Å²) in [6, 6.07) is 1.42. The zero-order valence-corrected chi connectivity index (χ0v) is 10.6. The highest BCUT2D eigenvalue weighted by Gasteiger charge is 2.08. The first-order chi connectivity index (χ1) is 9.04. The summed E-state index contributed by atoms with van der Waals surface area (Å²) in [4.78, 5) is 27.2. The van der Waals surface area contributed by atoms with E-state index in [9.17, 15) is 4.79 Å². The molecule has 0 aliphatic carbocycles. The molecule has 2 heterocycles. The first kappa shape index (κ1) is 12.9. The van der Waals surface area contributed by atoms with Crippen LogP contribution in [0, 0.1) is 13.8 Å². The molecular formula is C12H13N5O2. The number of nitrogens with zero attached hydrogens (tertiary/aromatic N) is 4. The van der Waals surface area contributed by atoms with E-state index >= 15 is 0 Å². The van der Waals surface area contributed by atoms with Crippen LogP contribution in [0.1, 0.15) is 27.6 Å². The number of carboxylic acids is 1. The van der Waals surface area contributed by atoms with E-state index in [4.69, 9.17) is 5.11 Å². The Morgan fingerprint density at radius 3 is 2.63 bits per heavy atom. The van der Waals surface area contributed by atoms with Gasteiger partial charge in [-0.3, -0.25) is 9.97 Å². The van der Waals surface area contributed by atoms with Crippen molar-refractivity contribution in [1.82, 2.24) is 19.9 Å². The molecule has 2 aromatic rings. The molecule has 0 bridgehead atoms. The quantitative estimate of drug-likeness (QED) is 0.850. The maximum atomic E-state index is 10.9. The summed E-state index contributed by atoms with van der Waals surface area (Å²) in [5.74, 6) is -0.816. The first-order valence-electron chi connectivity index (χ1n) is 5.65. The van der Waals surface area contributed by atoms with Crippen LogP contribution in [-0.4, -0.2) is 31.0 Å². The second kappa shape index (κ2) is 5.38. The average Bonchev–Trinajstić information content (AvgIpc) is 2.37. The molecule has 0 radical (unpaired) electrons. The van der Waals surface area contributed by atoms with E-state index in [1.54, 1.807) is 19.3 Å². The van der Waals surface area contributed by atoms with Crippen LogP contribution in [0.25, 0.3) is 0 Å². The molecule has 0 unspecified atom stereocenters. The highest BCUT2D eigenvalue weighted by Crippen LogP contribution is 2.06. The van der Waals surface area contributed by atoms with Crippen LogP contribution in [0.3, 0.4) is 0 Å². The van der Waals surface area contributed by atoms with Gasteiger partial charge >= 0.3 is 5.97 Å². The van der Waals surface area contributed by atoms with E-state index in [0.717, 1.165) is 11.4 Å². The van der Waals surface area contributed by atoms with Gasteiger partial charge in [-0.05, 0) is 19.9 Å². The van der Waals surface area contributed by atoms with Crippen molar-refractivity contribution in [3.63, 3.8) is 0 Å². The fourth-order valence-electron chi connectivity index (χ4n) is 1.44. The molecular weight excluding hydrogens is 246 g/mol. The molecule has 0 saturated heterocycles. The molecule has 0 amide bonds. The lowest BCUT2D eigenvalue weighted by atomic mass is 10.3. The molecule has 98 valence electrons. The fourth-order valence-corrected chi connectivity index (χ4v) is 1.44. The zero-order chi connectivity index (χ0) is 13.8. The van der Waals surface area contributed by atoms with Crippen LogP contribution in [0.15, 0.2) is 18.5 Å². The average molecular weight is 259 g/mol. The molecule has 0 aromatic carbocycles. The Morgan fingerprint density at radius 2 is 2.00 bits per heavy atom. The minimum absolute atomic E-state index is 0.0370. The Morgan fingerprint density at radius 1 is 1.21 bits per heavy atom. The van der Waals surface area contributed by atoms with Crippen LogP contribution in [0.4, 0.5) is 5.95 Å². The highest BCUT2D eigenvalue weighted by atomic mass is 16.4. The molecule has 7 heteroatoms. The molecule has 0 saturated carbocycles. The second-order valence-corrected chi connectivity index (χ2v) is 4.03. The maximum absolute atomic E-state index is 10.9. The lowest BCUT2D eigenvalue weighted by Crippen LogP contribution is -2.10. The van der Waals surface area contributed by atoms with Crippen LogP contribution < -0.4 is 5.32 Å². The van der Waals surface area contributed by atoms with E-state index in [1.165, 1.54) is 6.07 Å². The Labute approximate surface area is 109 Å². The number of rotatable bonds is 4. The molecule has 0 spiro atoms. The summed E-state index contributed by atoms with van der Waals surface area (Å²) >= 11 is 0. The zero-order valence-electron chi connectivity index (χ0n) is 10.6. The number of nitrogens with one attached hydrogen (secondary N) is 1. The number of carboxylic acid groups (broad SMARTS) is 1. The van der Waals surface area contributed by atoms with Crippen molar-refractivity contribution in [1.29, 1.82) is 0 Å². The minimum Gasteiger partial charge on any atom is -0.477 e. The van der Waals surface area contributed by atoms with Gasteiger partial charge in [-0.1, -0.05) is 0 Å². The summed E-state index contributed by atoms with van der Waals surface area (Å²) in [5, 5.41) is 11.8. The van der Waals surface area contributed by atoms with E-state index in [0.29, 0.717) is 12.2 Å². The van der Waals surface area contributed by atoms with Gasteiger partial charge in [0.25, 0.3) is 0 Å². The minimum atomic E-state index is -1.08. The largest absolute Gasteiger partial charge is 0.477 e.